The van der Waals surface area contributed by atoms with E-state index in [0.29, 0.717) is 17.9 Å². The summed E-state index contributed by atoms with van der Waals surface area (Å²) in [5.74, 6) is 2.06. The molecule has 6 rings (SSSR count). The second-order valence-corrected chi connectivity index (χ2v) is 8.15. The van der Waals surface area contributed by atoms with E-state index < -0.39 is 0 Å². The smallest absolute Gasteiger partial charge is 0.466 e. The summed E-state index contributed by atoms with van der Waals surface area (Å²) >= 11 is 1.67. The fourth-order valence-corrected chi connectivity index (χ4v) is 5.85. The lowest BCUT2D eigenvalue weighted by Gasteiger charge is -2.59. The van der Waals surface area contributed by atoms with E-state index in [0.717, 1.165) is 34.1 Å². The molecule has 1 aromatic heterocycles. The molecule has 0 spiro atoms. The van der Waals surface area contributed by atoms with E-state index in [1.165, 1.54) is 24.1 Å². The van der Waals surface area contributed by atoms with Crippen molar-refractivity contribution in [3.63, 3.8) is 0 Å². The molecule has 1 saturated carbocycles. The quantitative estimate of drug-likeness (QED) is 0.795. The summed E-state index contributed by atoms with van der Waals surface area (Å²) in [4.78, 5) is 4.64. The second kappa shape index (κ2) is 4.23. The van der Waals surface area contributed by atoms with Gasteiger partial charge in [-0.3, -0.25) is 0 Å². The molecule has 3 aliphatic heterocycles. The number of nitrogens with zero attached hydrogens (tertiary/aromatic N) is 2. The highest BCUT2D eigenvalue weighted by atomic mass is 32.1. The predicted molar refractivity (Wildman–Crippen MR) is 84.4 cm³/mol. The Morgan fingerprint density at radius 3 is 2.62 bits per heavy atom. The molecule has 1 aliphatic carbocycles. The molecule has 5 heteroatoms. The molecule has 0 N–H and O–H groups in total. The van der Waals surface area contributed by atoms with Gasteiger partial charge < -0.3 is 9.13 Å². The zero-order valence-electron chi connectivity index (χ0n) is 11.9. The maximum Gasteiger partial charge on any atom is 0.481 e. The molecule has 4 aliphatic rings. The van der Waals surface area contributed by atoms with Crippen LogP contribution in [0, 0.1) is 17.8 Å². The molecule has 21 heavy (non-hydrogen) atoms. The van der Waals surface area contributed by atoms with E-state index in [-0.39, 0.29) is 0 Å². The van der Waals surface area contributed by atoms with Crippen LogP contribution in [0.15, 0.2) is 24.3 Å². The fraction of sp³-hybridized carbons (Fsp3) is 0.562. The van der Waals surface area contributed by atoms with Gasteiger partial charge in [0.15, 0.2) is 0 Å². The number of para-hydroxylation sites is 1. The Morgan fingerprint density at radius 2 is 1.90 bits per heavy atom. The first kappa shape index (κ1) is 12.5. The van der Waals surface area contributed by atoms with Crippen molar-refractivity contribution >= 4 is 29.5 Å². The van der Waals surface area contributed by atoms with E-state index in [2.05, 4.69) is 23.2 Å². The SMILES string of the molecule is [B][N+]12CC3CC(C1)C(Oc1nc4ccccc4s1)C(C3)C2. The molecular weight excluding hydrogens is 279 g/mol. The zero-order valence-corrected chi connectivity index (χ0v) is 12.8. The van der Waals surface area contributed by atoms with Crippen LogP contribution >= 0.6 is 11.3 Å². The van der Waals surface area contributed by atoms with Gasteiger partial charge >= 0.3 is 7.98 Å². The van der Waals surface area contributed by atoms with Crippen molar-refractivity contribution in [2.45, 2.75) is 18.9 Å². The number of aromatic nitrogens is 1. The second-order valence-electron chi connectivity index (χ2n) is 7.15. The Hall–Kier alpha value is -1.07. The van der Waals surface area contributed by atoms with Crippen molar-refractivity contribution in [3.8, 4) is 5.19 Å². The van der Waals surface area contributed by atoms with E-state index >= 15 is 0 Å². The first-order chi connectivity index (χ1) is 10.2. The molecular formula is C16H18BN2OS+. The predicted octanol–water partition coefficient (Wildman–Crippen LogP) is 2.61. The standard InChI is InChI=1S/C16H18BN2OS/c17-19-7-10-5-11(8-19)15(12(6-10)9-19)20-16-18-13-3-1-2-4-14(13)21-16/h1-4,10-12,15H,5-9H2/q+1. The largest absolute Gasteiger partial charge is 0.481 e. The maximum absolute atomic E-state index is 6.51. The van der Waals surface area contributed by atoms with Gasteiger partial charge in [0, 0.05) is 17.8 Å². The molecule has 2 radical (unpaired) electrons. The molecule has 106 valence electrons. The fourth-order valence-electron chi connectivity index (χ4n) is 4.99. The number of hydrogen-bond donors (Lipinski definition) is 0. The molecule has 1 aromatic carbocycles. The highest BCUT2D eigenvalue weighted by Crippen LogP contribution is 2.47. The van der Waals surface area contributed by atoms with Gasteiger partial charge in [-0.1, -0.05) is 23.5 Å². The number of thiazole rings is 1. The van der Waals surface area contributed by atoms with Crippen molar-refractivity contribution in [3.05, 3.63) is 24.3 Å². The third-order valence-electron chi connectivity index (χ3n) is 5.53. The third kappa shape index (κ3) is 1.94. The summed E-state index contributed by atoms with van der Waals surface area (Å²) in [6.07, 6.45) is 2.92. The van der Waals surface area contributed by atoms with Crippen LogP contribution in [0.1, 0.15) is 12.8 Å². The van der Waals surface area contributed by atoms with Crippen LogP contribution in [-0.2, 0) is 0 Å². The van der Waals surface area contributed by atoms with Gasteiger partial charge in [0.25, 0.3) is 5.19 Å². The van der Waals surface area contributed by atoms with Gasteiger partial charge in [-0.2, -0.15) is 0 Å². The number of fused-ring (bicyclic) bond motifs is 1. The molecule has 2 aromatic rings. The Morgan fingerprint density at radius 1 is 1.14 bits per heavy atom. The molecule has 3 saturated heterocycles. The Bertz CT molecular complexity index is 653. The average molecular weight is 297 g/mol. The lowest BCUT2D eigenvalue weighted by Crippen LogP contribution is -2.70. The van der Waals surface area contributed by atoms with Gasteiger partial charge in [-0.05, 0) is 25.0 Å². The van der Waals surface area contributed by atoms with Gasteiger partial charge in [0.1, 0.15) is 6.10 Å². The summed E-state index contributed by atoms with van der Waals surface area (Å²) in [5, 5.41) is 0.840. The number of quaternary nitrogens is 1. The van der Waals surface area contributed by atoms with E-state index in [1.54, 1.807) is 11.3 Å². The van der Waals surface area contributed by atoms with Crippen LogP contribution in [0.5, 0.6) is 5.19 Å². The van der Waals surface area contributed by atoms with E-state index in [1.807, 2.05) is 6.07 Å². The summed E-state index contributed by atoms with van der Waals surface area (Å²) in [5.41, 5.74) is 1.05. The van der Waals surface area contributed by atoms with Crippen molar-refractivity contribution in [1.82, 2.24) is 4.98 Å². The number of rotatable bonds is 2. The van der Waals surface area contributed by atoms with E-state index in [4.69, 9.17) is 12.7 Å². The third-order valence-corrected chi connectivity index (χ3v) is 6.46. The summed E-state index contributed by atoms with van der Waals surface area (Å²) < 4.78 is 8.36. The Labute approximate surface area is 129 Å². The normalized spacial score (nSPS) is 40.8. The minimum absolute atomic E-state index is 0.330. The van der Waals surface area contributed by atoms with Crippen LogP contribution in [0.3, 0.4) is 0 Å². The number of piperidine rings is 3. The molecule has 2 unspecified atom stereocenters. The van der Waals surface area contributed by atoms with Gasteiger partial charge in [0.2, 0.25) is 0 Å². The van der Waals surface area contributed by atoms with Gasteiger partial charge in [-0.25, -0.2) is 4.98 Å². The highest BCUT2D eigenvalue weighted by molar-refractivity contribution is 7.20. The van der Waals surface area contributed by atoms with Crippen LogP contribution in [0.4, 0.5) is 0 Å². The summed E-state index contributed by atoms with van der Waals surface area (Å²) in [6.45, 7) is 3.35. The first-order valence-corrected chi connectivity index (χ1v) is 8.67. The number of ether oxygens (including phenoxy) is 1. The molecule has 3 nitrogen and oxygen atoms in total. The number of hydrogen-bond acceptors (Lipinski definition) is 3. The van der Waals surface area contributed by atoms with Crippen LogP contribution in [0.25, 0.3) is 10.2 Å². The number of benzene rings is 1. The van der Waals surface area contributed by atoms with Crippen molar-refractivity contribution in [1.29, 1.82) is 0 Å². The monoisotopic (exact) mass is 297 g/mol. The topological polar surface area (TPSA) is 22.1 Å². The van der Waals surface area contributed by atoms with Crippen LogP contribution in [-0.4, -0.2) is 43.1 Å². The average Bonchev–Trinajstić information content (AvgIpc) is 2.83. The van der Waals surface area contributed by atoms with Gasteiger partial charge in [-0.15, -0.1) is 0 Å². The minimum atomic E-state index is 0.330. The lowest BCUT2D eigenvalue weighted by atomic mass is 9.63. The van der Waals surface area contributed by atoms with Crippen LogP contribution < -0.4 is 4.74 Å². The summed E-state index contributed by atoms with van der Waals surface area (Å²) in [7, 11) is 6.51. The highest BCUT2D eigenvalue weighted by Gasteiger charge is 2.55. The van der Waals surface area contributed by atoms with Crippen LogP contribution in [0.2, 0.25) is 0 Å². The van der Waals surface area contributed by atoms with Crippen molar-refractivity contribution in [2.24, 2.45) is 17.8 Å². The van der Waals surface area contributed by atoms with Gasteiger partial charge in [0.05, 0.1) is 29.9 Å². The molecule has 0 amide bonds. The summed E-state index contributed by atoms with van der Waals surface area (Å²) in [6, 6.07) is 8.26. The lowest BCUT2D eigenvalue weighted by molar-refractivity contribution is -0.852. The maximum atomic E-state index is 6.51. The molecule has 4 bridgehead atoms. The zero-order chi connectivity index (χ0) is 14.0. The molecule has 4 fully saturated rings. The Balaban J connectivity index is 1.43. The first-order valence-electron chi connectivity index (χ1n) is 7.85. The molecule has 2 atom stereocenters. The molecule has 4 heterocycles. The van der Waals surface area contributed by atoms with Crippen molar-refractivity contribution in [2.75, 3.05) is 19.6 Å². The van der Waals surface area contributed by atoms with Crippen molar-refractivity contribution < 1.29 is 9.13 Å². The Kier molecular flexibility index (Phi) is 2.51. The minimum Gasteiger partial charge on any atom is -0.466 e. The van der Waals surface area contributed by atoms with E-state index in [9.17, 15) is 0 Å².